The first kappa shape index (κ1) is 14.6. The van der Waals surface area contributed by atoms with Gasteiger partial charge in [-0.05, 0) is 25.5 Å². The molecule has 6 nitrogen and oxygen atoms in total. The topological polar surface area (TPSA) is 93.5 Å². The zero-order valence-electron chi connectivity index (χ0n) is 10.9. The Balaban J connectivity index is 2.05. The van der Waals surface area contributed by atoms with Gasteiger partial charge in [-0.15, -0.1) is 0 Å². The first-order chi connectivity index (χ1) is 9.60. The molecule has 0 saturated heterocycles. The summed E-state index contributed by atoms with van der Waals surface area (Å²) < 4.78 is 5.27. The number of unbranched alkanes of at least 4 members (excludes halogenated alkanes) is 1. The van der Waals surface area contributed by atoms with Crippen LogP contribution in [0.1, 0.15) is 19.3 Å². The Morgan fingerprint density at radius 2 is 2.25 bits per heavy atom. The number of nitrogens with two attached hydrogens (primary N) is 1. The summed E-state index contributed by atoms with van der Waals surface area (Å²) in [6.07, 6.45) is 1.93. The molecule has 0 aromatic heterocycles. The molecule has 0 spiro atoms. The van der Waals surface area contributed by atoms with Crippen LogP contribution in [0.5, 0.6) is 5.75 Å². The lowest BCUT2D eigenvalue weighted by atomic mass is 10.2. The number of benzene rings is 1. The fourth-order valence-corrected chi connectivity index (χ4v) is 2.05. The highest BCUT2D eigenvalue weighted by Crippen LogP contribution is 2.36. The van der Waals surface area contributed by atoms with Crippen molar-refractivity contribution in [2.24, 2.45) is 5.73 Å². The third kappa shape index (κ3) is 3.61. The van der Waals surface area contributed by atoms with Crippen LogP contribution < -0.4 is 21.1 Å². The Kier molecular flexibility index (Phi) is 4.81. The van der Waals surface area contributed by atoms with Gasteiger partial charge >= 0.3 is 0 Å². The summed E-state index contributed by atoms with van der Waals surface area (Å²) in [5.74, 6) is 0.138. The van der Waals surface area contributed by atoms with E-state index in [2.05, 4.69) is 10.6 Å². The number of halogens is 1. The summed E-state index contributed by atoms with van der Waals surface area (Å²) in [5.41, 5.74) is 6.35. The van der Waals surface area contributed by atoms with Crippen LogP contribution in [-0.4, -0.2) is 25.0 Å². The number of nitrogens with one attached hydrogen (secondary N) is 2. The van der Waals surface area contributed by atoms with Crippen molar-refractivity contribution < 1.29 is 14.3 Å². The van der Waals surface area contributed by atoms with Crippen molar-refractivity contribution in [3.63, 3.8) is 0 Å². The molecule has 0 saturated carbocycles. The van der Waals surface area contributed by atoms with Gasteiger partial charge in [0.1, 0.15) is 5.75 Å². The van der Waals surface area contributed by atoms with E-state index < -0.39 is 0 Å². The fourth-order valence-electron chi connectivity index (χ4n) is 1.84. The van der Waals surface area contributed by atoms with Crippen molar-refractivity contribution in [3.8, 4) is 5.75 Å². The van der Waals surface area contributed by atoms with Crippen LogP contribution in [0.15, 0.2) is 12.1 Å². The number of carbonyl (C=O) groups excluding carboxylic acids is 2. The highest BCUT2D eigenvalue weighted by molar-refractivity contribution is 6.34. The van der Waals surface area contributed by atoms with Crippen molar-refractivity contribution >= 4 is 34.8 Å². The molecule has 1 aromatic rings. The number of ether oxygens (including phenoxy) is 1. The van der Waals surface area contributed by atoms with E-state index in [-0.39, 0.29) is 18.4 Å². The second-order valence-corrected chi connectivity index (χ2v) is 4.87. The zero-order chi connectivity index (χ0) is 14.5. The lowest BCUT2D eigenvalue weighted by Crippen LogP contribution is -2.25. The predicted molar refractivity (Wildman–Crippen MR) is 77.1 cm³/mol. The molecule has 20 heavy (non-hydrogen) atoms. The van der Waals surface area contributed by atoms with Gasteiger partial charge in [-0.3, -0.25) is 9.59 Å². The van der Waals surface area contributed by atoms with E-state index in [4.69, 9.17) is 22.1 Å². The van der Waals surface area contributed by atoms with Gasteiger partial charge in [-0.1, -0.05) is 11.6 Å². The molecule has 7 heteroatoms. The van der Waals surface area contributed by atoms with E-state index in [1.165, 1.54) is 0 Å². The van der Waals surface area contributed by atoms with Crippen LogP contribution in [0.25, 0.3) is 0 Å². The van der Waals surface area contributed by atoms with Crippen LogP contribution in [0.3, 0.4) is 0 Å². The molecule has 108 valence electrons. The van der Waals surface area contributed by atoms with E-state index in [0.29, 0.717) is 35.1 Å². The molecule has 0 fully saturated rings. The quantitative estimate of drug-likeness (QED) is 0.722. The van der Waals surface area contributed by atoms with E-state index >= 15 is 0 Å². The Morgan fingerprint density at radius 3 is 3.00 bits per heavy atom. The van der Waals surface area contributed by atoms with Crippen LogP contribution in [0.4, 0.5) is 11.4 Å². The van der Waals surface area contributed by atoms with Crippen LogP contribution >= 0.6 is 11.6 Å². The molecule has 0 atom stereocenters. The molecule has 1 aliphatic rings. The highest BCUT2D eigenvalue weighted by Gasteiger charge is 2.18. The normalized spacial score (nSPS) is 13.2. The smallest absolute Gasteiger partial charge is 0.262 e. The van der Waals surface area contributed by atoms with Gasteiger partial charge in [0, 0.05) is 12.5 Å². The molecule has 2 rings (SSSR count). The van der Waals surface area contributed by atoms with Crippen LogP contribution in [0, 0.1) is 0 Å². The summed E-state index contributed by atoms with van der Waals surface area (Å²) in [5, 5.41) is 5.72. The van der Waals surface area contributed by atoms with Gasteiger partial charge < -0.3 is 21.1 Å². The molecule has 2 amide bonds. The first-order valence-corrected chi connectivity index (χ1v) is 6.74. The number of hydrogen-bond donors (Lipinski definition) is 3. The Hall–Kier alpha value is -1.79. The van der Waals surface area contributed by atoms with E-state index in [0.717, 1.165) is 12.8 Å². The average molecular weight is 298 g/mol. The fraction of sp³-hybridized carbons (Fsp3) is 0.385. The number of hydrogen-bond acceptors (Lipinski definition) is 4. The maximum Gasteiger partial charge on any atom is 0.262 e. The molecule has 1 aromatic carbocycles. The lowest BCUT2D eigenvalue weighted by molar-refractivity contribution is -0.118. The maximum atomic E-state index is 11.7. The minimum absolute atomic E-state index is 0.0431. The maximum absolute atomic E-state index is 11.7. The van der Waals surface area contributed by atoms with Gasteiger partial charge in [-0.25, -0.2) is 0 Å². The second kappa shape index (κ2) is 6.58. The van der Waals surface area contributed by atoms with Crippen LogP contribution in [-0.2, 0) is 9.59 Å². The minimum Gasteiger partial charge on any atom is -0.482 e. The molecule has 0 radical (unpaired) electrons. The van der Waals surface area contributed by atoms with Crippen molar-refractivity contribution in [1.82, 2.24) is 0 Å². The molecule has 0 aliphatic carbocycles. The highest BCUT2D eigenvalue weighted by atomic mass is 35.5. The average Bonchev–Trinajstić information content (AvgIpc) is 2.40. The summed E-state index contributed by atoms with van der Waals surface area (Å²) in [6.45, 7) is 0.527. The van der Waals surface area contributed by atoms with Crippen molar-refractivity contribution in [1.29, 1.82) is 0 Å². The molecule has 1 heterocycles. The molecule has 4 N–H and O–H groups in total. The number of fused-ring (bicyclic) bond motifs is 1. The molecule has 1 aliphatic heterocycles. The van der Waals surface area contributed by atoms with E-state index in [1.807, 2.05) is 0 Å². The zero-order valence-corrected chi connectivity index (χ0v) is 11.6. The Bertz CT molecular complexity index is 534. The van der Waals surface area contributed by atoms with Crippen molar-refractivity contribution in [2.45, 2.75) is 19.3 Å². The number of carbonyl (C=O) groups is 2. The van der Waals surface area contributed by atoms with Crippen molar-refractivity contribution in [3.05, 3.63) is 17.2 Å². The largest absolute Gasteiger partial charge is 0.482 e. The Labute approximate surface area is 121 Å². The number of anilines is 2. The van der Waals surface area contributed by atoms with Gasteiger partial charge in [0.2, 0.25) is 5.91 Å². The number of amides is 2. The Morgan fingerprint density at radius 1 is 1.45 bits per heavy atom. The first-order valence-electron chi connectivity index (χ1n) is 6.36. The molecule has 0 bridgehead atoms. The SMILES string of the molecule is NCCCCC(=O)Nc1cc2c(cc1Cl)NC(=O)CO2. The molecular weight excluding hydrogens is 282 g/mol. The third-order valence-corrected chi connectivity index (χ3v) is 3.15. The summed E-state index contributed by atoms with van der Waals surface area (Å²) in [6, 6.07) is 3.17. The minimum atomic E-state index is -0.230. The van der Waals surface area contributed by atoms with Gasteiger partial charge in [0.15, 0.2) is 6.61 Å². The van der Waals surface area contributed by atoms with Gasteiger partial charge in [0.05, 0.1) is 16.4 Å². The predicted octanol–water partition coefficient (Wildman–Crippen LogP) is 1.74. The summed E-state index contributed by atoms with van der Waals surface area (Å²) >= 11 is 6.07. The van der Waals surface area contributed by atoms with Crippen molar-refractivity contribution in [2.75, 3.05) is 23.8 Å². The molecular formula is C13H16ClN3O3. The summed E-state index contributed by atoms with van der Waals surface area (Å²) in [4.78, 5) is 22.9. The lowest BCUT2D eigenvalue weighted by Gasteiger charge is -2.19. The second-order valence-electron chi connectivity index (χ2n) is 4.46. The number of rotatable bonds is 5. The molecule has 0 unspecified atom stereocenters. The van der Waals surface area contributed by atoms with E-state index in [9.17, 15) is 9.59 Å². The van der Waals surface area contributed by atoms with Gasteiger partial charge in [-0.2, -0.15) is 0 Å². The third-order valence-electron chi connectivity index (χ3n) is 2.83. The van der Waals surface area contributed by atoms with E-state index in [1.54, 1.807) is 12.1 Å². The monoisotopic (exact) mass is 297 g/mol. The summed E-state index contributed by atoms with van der Waals surface area (Å²) in [7, 11) is 0. The van der Waals surface area contributed by atoms with Gasteiger partial charge in [0.25, 0.3) is 5.91 Å². The van der Waals surface area contributed by atoms with Crippen LogP contribution in [0.2, 0.25) is 5.02 Å². The standard InChI is InChI=1S/C13H16ClN3O3/c14-8-5-10-11(20-7-13(19)17-10)6-9(8)16-12(18)3-1-2-4-15/h5-6H,1-4,7,15H2,(H,16,18)(H,17,19).